The van der Waals surface area contributed by atoms with Gasteiger partial charge in [0.05, 0.1) is 0 Å². The standard InChI is InChI=1S/C15H21N3O2/c16-12-6-7-14(19)17(9-12)10-15(20)18-8-2-4-11-3-1-5-13(11)18/h6-7,9,11,13H,1-5,8,10,16H2. The fourth-order valence-electron chi connectivity index (χ4n) is 3.67. The number of pyridine rings is 1. The number of fused-ring (bicyclic) bond motifs is 1. The molecule has 1 aromatic heterocycles. The van der Waals surface area contributed by atoms with E-state index in [1.54, 1.807) is 12.3 Å². The molecule has 20 heavy (non-hydrogen) atoms. The Labute approximate surface area is 118 Å². The Hall–Kier alpha value is -1.78. The molecule has 0 aromatic carbocycles. The molecular weight excluding hydrogens is 254 g/mol. The molecule has 1 aliphatic heterocycles. The lowest BCUT2D eigenvalue weighted by atomic mass is 9.92. The minimum absolute atomic E-state index is 0.0503. The average Bonchev–Trinajstić information content (AvgIpc) is 2.91. The first-order valence-corrected chi connectivity index (χ1v) is 7.40. The van der Waals surface area contributed by atoms with Crippen LogP contribution in [-0.4, -0.2) is 28.0 Å². The number of nitrogens with two attached hydrogens (primary N) is 1. The Morgan fingerprint density at radius 1 is 1.25 bits per heavy atom. The molecule has 3 rings (SSSR count). The summed E-state index contributed by atoms with van der Waals surface area (Å²) in [5.41, 5.74) is 6.02. The number of carbonyl (C=O) groups excluding carboxylic acids is 1. The summed E-state index contributed by atoms with van der Waals surface area (Å²) in [6.45, 7) is 0.935. The van der Waals surface area contributed by atoms with Gasteiger partial charge in [0.25, 0.3) is 5.56 Å². The fraction of sp³-hybridized carbons (Fsp3) is 0.600. The molecule has 2 unspecified atom stereocenters. The fourth-order valence-corrected chi connectivity index (χ4v) is 3.67. The molecule has 1 saturated carbocycles. The van der Waals surface area contributed by atoms with Crippen LogP contribution in [0, 0.1) is 5.92 Å². The van der Waals surface area contributed by atoms with Crippen LogP contribution in [0.2, 0.25) is 0 Å². The molecule has 108 valence electrons. The molecule has 0 radical (unpaired) electrons. The van der Waals surface area contributed by atoms with Crippen LogP contribution in [0.15, 0.2) is 23.1 Å². The summed E-state index contributed by atoms with van der Waals surface area (Å²) in [4.78, 5) is 26.2. The predicted molar refractivity (Wildman–Crippen MR) is 77.2 cm³/mol. The zero-order chi connectivity index (χ0) is 14.1. The minimum Gasteiger partial charge on any atom is -0.398 e. The zero-order valence-electron chi connectivity index (χ0n) is 11.6. The highest BCUT2D eigenvalue weighted by molar-refractivity contribution is 5.76. The monoisotopic (exact) mass is 275 g/mol. The van der Waals surface area contributed by atoms with E-state index in [0.29, 0.717) is 17.6 Å². The molecule has 0 spiro atoms. The first-order chi connectivity index (χ1) is 9.65. The molecule has 2 aliphatic rings. The molecule has 1 aromatic rings. The normalized spacial score (nSPS) is 25.5. The van der Waals surface area contributed by atoms with E-state index < -0.39 is 0 Å². The van der Waals surface area contributed by atoms with Crippen LogP contribution < -0.4 is 11.3 Å². The molecule has 5 heteroatoms. The van der Waals surface area contributed by atoms with Crippen LogP contribution in [-0.2, 0) is 11.3 Å². The predicted octanol–water partition coefficient (Wildman–Crippen LogP) is 1.22. The first kappa shape index (κ1) is 13.2. The quantitative estimate of drug-likeness (QED) is 0.882. The highest BCUT2D eigenvalue weighted by Crippen LogP contribution is 2.36. The van der Waals surface area contributed by atoms with Crippen LogP contribution in [0.25, 0.3) is 0 Å². The van der Waals surface area contributed by atoms with Crippen molar-refractivity contribution in [3.63, 3.8) is 0 Å². The van der Waals surface area contributed by atoms with Crippen molar-refractivity contribution in [3.05, 3.63) is 28.7 Å². The molecule has 0 bridgehead atoms. The van der Waals surface area contributed by atoms with E-state index in [1.807, 2.05) is 4.90 Å². The highest BCUT2D eigenvalue weighted by Gasteiger charge is 2.37. The van der Waals surface area contributed by atoms with E-state index in [4.69, 9.17) is 5.73 Å². The number of hydrogen-bond acceptors (Lipinski definition) is 3. The van der Waals surface area contributed by atoms with E-state index >= 15 is 0 Å². The molecule has 2 atom stereocenters. The van der Waals surface area contributed by atoms with Crippen LogP contribution in [0.1, 0.15) is 32.1 Å². The van der Waals surface area contributed by atoms with E-state index in [-0.39, 0.29) is 18.0 Å². The maximum Gasteiger partial charge on any atom is 0.251 e. The van der Waals surface area contributed by atoms with Gasteiger partial charge in [0.2, 0.25) is 5.91 Å². The Bertz CT molecular complexity index is 566. The third-order valence-electron chi connectivity index (χ3n) is 4.63. The van der Waals surface area contributed by atoms with Crippen LogP contribution in [0.3, 0.4) is 0 Å². The number of likely N-dealkylation sites (tertiary alicyclic amines) is 1. The molecule has 2 fully saturated rings. The lowest BCUT2D eigenvalue weighted by Crippen LogP contribution is -2.48. The highest BCUT2D eigenvalue weighted by atomic mass is 16.2. The van der Waals surface area contributed by atoms with Crippen molar-refractivity contribution in [2.45, 2.75) is 44.7 Å². The van der Waals surface area contributed by atoms with Gasteiger partial charge in [-0.05, 0) is 37.7 Å². The second-order valence-electron chi connectivity index (χ2n) is 5.92. The Morgan fingerprint density at radius 2 is 2.05 bits per heavy atom. The molecule has 1 aliphatic carbocycles. The summed E-state index contributed by atoms with van der Waals surface area (Å²) < 4.78 is 1.41. The summed E-state index contributed by atoms with van der Waals surface area (Å²) in [6.07, 6.45) is 7.45. The lowest BCUT2D eigenvalue weighted by Gasteiger charge is -2.38. The van der Waals surface area contributed by atoms with Gasteiger partial charge in [0.1, 0.15) is 6.54 Å². The number of carbonyl (C=O) groups is 1. The largest absolute Gasteiger partial charge is 0.398 e. The number of rotatable bonds is 2. The van der Waals surface area contributed by atoms with Crippen LogP contribution in [0.4, 0.5) is 5.69 Å². The van der Waals surface area contributed by atoms with Crippen molar-refractivity contribution >= 4 is 11.6 Å². The second kappa shape index (κ2) is 5.31. The third kappa shape index (κ3) is 2.44. The number of amides is 1. The average molecular weight is 275 g/mol. The van der Waals surface area contributed by atoms with Crippen molar-refractivity contribution in [1.82, 2.24) is 9.47 Å². The van der Waals surface area contributed by atoms with Crippen molar-refractivity contribution in [2.24, 2.45) is 5.92 Å². The number of nitrogens with zero attached hydrogens (tertiary/aromatic N) is 2. The molecule has 2 N–H and O–H groups in total. The summed E-state index contributed by atoms with van der Waals surface area (Å²) in [5, 5.41) is 0. The van der Waals surface area contributed by atoms with Gasteiger partial charge in [-0.2, -0.15) is 0 Å². The van der Waals surface area contributed by atoms with E-state index in [9.17, 15) is 9.59 Å². The van der Waals surface area contributed by atoms with Gasteiger partial charge < -0.3 is 15.2 Å². The van der Waals surface area contributed by atoms with Gasteiger partial charge in [0, 0.05) is 30.5 Å². The van der Waals surface area contributed by atoms with Crippen molar-refractivity contribution in [2.75, 3.05) is 12.3 Å². The van der Waals surface area contributed by atoms with Gasteiger partial charge in [0.15, 0.2) is 0 Å². The van der Waals surface area contributed by atoms with Crippen molar-refractivity contribution in [1.29, 1.82) is 0 Å². The minimum atomic E-state index is -0.174. The molecule has 2 heterocycles. The number of piperidine rings is 1. The first-order valence-electron chi connectivity index (χ1n) is 7.40. The number of nitrogen functional groups attached to an aromatic ring is 1. The zero-order valence-corrected chi connectivity index (χ0v) is 11.6. The van der Waals surface area contributed by atoms with Crippen LogP contribution >= 0.6 is 0 Å². The maximum atomic E-state index is 12.5. The summed E-state index contributed by atoms with van der Waals surface area (Å²) in [5.74, 6) is 0.722. The second-order valence-corrected chi connectivity index (χ2v) is 5.92. The Morgan fingerprint density at radius 3 is 2.90 bits per heavy atom. The summed E-state index contributed by atoms with van der Waals surface area (Å²) in [6, 6.07) is 3.38. The molecule has 5 nitrogen and oxygen atoms in total. The maximum absolute atomic E-state index is 12.5. The third-order valence-corrected chi connectivity index (χ3v) is 4.63. The van der Waals surface area contributed by atoms with Gasteiger partial charge in [-0.25, -0.2) is 0 Å². The van der Waals surface area contributed by atoms with Gasteiger partial charge in [-0.1, -0.05) is 6.42 Å². The van der Waals surface area contributed by atoms with Crippen molar-refractivity contribution in [3.8, 4) is 0 Å². The Balaban J connectivity index is 1.75. The number of aromatic nitrogens is 1. The smallest absolute Gasteiger partial charge is 0.251 e. The van der Waals surface area contributed by atoms with E-state index in [0.717, 1.165) is 19.4 Å². The lowest BCUT2D eigenvalue weighted by molar-refractivity contribution is -0.136. The topological polar surface area (TPSA) is 68.3 Å². The van der Waals surface area contributed by atoms with E-state index in [1.165, 1.54) is 29.9 Å². The van der Waals surface area contributed by atoms with Crippen molar-refractivity contribution < 1.29 is 4.79 Å². The molecular formula is C15H21N3O2. The summed E-state index contributed by atoms with van der Waals surface area (Å²) in [7, 11) is 0. The van der Waals surface area contributed by atoms with Crippen LogP contribution in [0.5, 0.6) is 0 Å². The summed E-state index contributed by atoms with van der Waals surface area (Å²) >= 11 is 0. The van der Waals surface area contributed by atoms with Gasteiger partial charge in [-0.15, -0.1) is 0 Å². The molecule has 1 saturated heterocycles. The molecule has 1 amide bonds. The van der Waals surface area contributed by atoms with E-state index in [2.05, 4.69) is 0 Å². The SMILES string of the molecule is Nc1ccc(=O)n(CC(=O)N2CCCC3CCCC32)c1. The number of anilines is 1. The van der Waals surface area contributed by atoms with Gasteiger partial charge >= 0.3 is 0 Å². The Kier molecular flexibility index (Phi) is 3.51. The number of hydrogen-bond donors (Lipinski definition) is 1. The van der Waals surface area contributed by atoms with Gasteiger partial charge in [-0.3, -0.25) is 9.59 Å².